The van der Waals surface area contributed by atoms with Crippen LogP contribution in [-0.2, 0) is 4.84 Å². The predicted molar refractivity (Wildman–Crippen MR) is 47.3 cm³/mol. The molecule has 0 saturated heterocycles. The van der Waals surface area contributed by atoms with E-state index in [0.717, 1.165) is 19.7 Å². The molecule has 11 heavy (non-hydrogen) atoms. The van der Waals surface area contributed by atoms with Crippen molar-refractivity contribution >= 4 is 0 Å². The van der Waals surface area contributed by atoms with Crippen LogP contribution in [0, 0.1) is 0 Å². The Morgan fingerprint density at radius 1 is 1.09 bits per heavy atom. The van der Waals surface area contributed by atoms with E-state index in [4.69, 9.17) is 9.94 Å². The fraction of sp³-hybridized carbons (Fsp3) is 1.00. The van der Waals surface area contributed by atoms with Gasteiger partial charge in [-0.25, -0.2) is 0 Å². The van der Waals surface area contributed by atoms with Crippen molar-refractivity contribution in [1.82, 2.24) is 5.06 Å². The quantitative estimate of drug-likeness (QED) is 0.634. The van der Waals surface area contributed by atoms with Gasteiger partial charge in [0, 0.05) is 19.7 Å². The van der Waals surface area contributed by atoms with Crippen LogP contribution in [0.1, 0.15) is 27.7 Å². The predicted octanol–water partition coefficient (Wildman–Crippen LogP) is 1.28. The van der Waals surface area contributed by atoms with Gasteiger partial charge in [-0.2, -0.15) is 5.06 Å². The minimum absolute atomic E-state index is 0.250. The molecule has 0 bridgehead atoms. The number of nitrogens with zero attached hydrogens (tertiary/aromatic N) is 1. The maximum absolute atomic E-state index is 7.57. The smallest absolute Gasteiger partial charge is 0.0656 e. The van der Waals surface area contributed by atoms with Gasteiger partial charge < -0.3 is 5.11 Å². The zero-order chi connectivity index (χ0) is 9.11. The second-order valence-electron chi connectivity index (χ2n) is 1.85. The molecular weight excluding hydrogens is 142 g/mol. The third kappa shape index (κ3) is 13.0. The number of aliphatic hydroxyl groups excluding tert-OH is 1. The molecule has 0 amide bonds. The average molecular weight is 163 g/mol. The maximum Gasteiger partial charge on any atom is 0.0656 e. The van der Waals surface area contributed by atoms with Crippen molar-refractivity contribution in [2.45, 2.75) is 27.7 Å². The van der Waals surface area contributed by atoms with Crippen LogP contribution >= 0.6 is 0 Å². The fourth-order valence-electron chi connectivity index (χ4n) is 0.589. The van der Waals surface area contributed by atoms with Crippen molar-refractivity contribution in [3.63, 3.8) is 0 Å². The van der Waals surface area contributed by atoms with E-state index < -0.39 is 0 Å². The van der Waals surface area contributed by atoms with Gasteiger partial charge in [-0.3, -0.25) is 4.84 Å². The summed E-state index contributed by atoms with van der Waals surface area (Å²) < 4.78 is 0. The summed E-state index contributed by atoms with van der Waals surface area (Å²) in [5, 5.41) is 9.50. The van der Waals surface area contributed by atoms with Crippen molar-refractivity contribution in [3.8, 4) is 0 Å². The number of hydrogen-bond donors (Lipinski definition) is 1. The van der Waals surface area contributed by atoms with Gasteiger partial charge in [0.15, 0.2) is 0 Å². The minimum atomic E-state index is 0.250. The van der Waals surface area contributed by atoms with E-state index in [0.29, 0.717) is 0 Å². The zero-order valence-corrected chi connectivity index (χ0v) is 8.13. The molecule has 0 heterocycles. The molecule has 1 N–H and O–H groups in total. The average Bonchev–Trinajstić information content (AvgIpc) is 2.02. The molecule has 0 aliphatic rings. The normalized spacial score (nSPS) is 9.27. The molecule has 0 aromatic heterocycles. The molecule has 0 aliphatic carbocycles. The molecule has 0 rings (SSSR count). The molecule has 0 atom stereocenters. The summed E-state index contributed by atoms with van der Waals surface area (Å²) in [6.45, 7) is 10.8. The van der Waals surface area contributed by atoms with Crippen LogP contribution < -0.4 is 0 Å². The molecule has 70 valence electrons. The molecule has 3 heteroatoms. The van der Waals surface area contributed by atoms with E-state index in [9.17, 15) is 0 Å². The van der Waals surface area contributed by atoms with Crippen molar-refractivity contribution in [2.24, 2.45) is 0 Å². The van der Waals surface area contributed by atoms with Crippen molar-refractivity contribution in [3.05, 3.63) is 0 Å². The SMILES string of the molecule is CCO.CCON(CC)CC. The van der Waals surface area contributed by atoms with Crippen LogP contribution in [0.2, 0.25) is 0 Å². The molecule has 0 spiro atoms. The summed E-state index contributed by atoms with van der Waals surface area (Å²) in [5.41, 5.74) is 0. The Labute approximate surface area is 69.9 Å². The molecule has 0 fully saturated rings. The first-order valence-corrected chi connectivity index (χ1v) is 4.25. The summed E-state index contributed by atoms with van der Waals surface area (Å²) >= 11 is 0. The first-order valence-electron chi connectivity index (χ1n) is 4.25. The second-order valence-corrected chi connectivity index (χ2v) is 1.85. The van der Waals surface area contributed by atoms with Crippen molar-refractivity contribution < 1.29 is 9.94 Å². The highest BCUT2D eigenvalue weighted by Crippen LogP contribution is 1.85. The monoisotopic (exact) mass is 163 g/mol. The summed E-state index contributed by atoms with van der Waals surface area (Å²) in [7, 11) is 0. The summed E-state index contributed by atoms with van der Waals surface area (Å²) in [6, 6.07) is 0. The van der Waals surface area contributed by atoms with E-state index in [-0.39, 0.29) is 6.61 Å². The van der Waals surface area contributed by atoms with Crippen LogP contribution in [0.4, 0.5) is 0 Å². The molecule has 0 aliphatic heterocycles. The van der Waals surface area contributed by atoms with Crippen LogP contribution in [-0.4, -0.2) is 36.5 Å². The van der Waals surface area contributed by atoms with Gasteiger partial charge in [0.2, 0.25) is 0 Å². The van der Waals surface area contributed by atoms with Gasteiger partial charge in [-0.1, -0.05) is 13.8 Å². The van der Waals surface area contributed by atoms with E-state index >= 15 is 0 Å². The first kappa shape index (κ1) is 13.5. The van der Waals surface area contributed by atoms with Crippen LogP contribution in [0.3, 0.4) is 0 Å². The van der Waals surface area contributed by atoms with E-state index in [1.807, 2.05) is 12.0 Å². The molecule has 0 aromatic rings. The molecule has 3 nitrogen and oxygen atoms in total. The Bertz CT molecular complexity index is 56.1. The van der Waals surface area contributed by atoms with Gasteiger partial charge in [-0.15, -0.1) is 0 Å². The number of aliphatic hydroxyl groups is 1. The molecular formula is C8H21NO2. The van der Waals surface area contributed by atoms with Gasteiger partial charge in [0.05, 0.1) is 6.61 Å². The molecule has 0 radical (unpaired) electrons. The van der Waals surface area contributed by atoms with E-state index in [2.05, 4.69) is 13.8 Å². The Kier molecular flexibility index (Phi) is 15.4. The lowest BCUT2D eigenvalue weighted by Gasteiger charge is -2.15. The summed E-state index contributed by atoms with van der Waals surface area (Å²) in [5.74, 6) is 0. The minimum Gasteiger partial charge on any atom is -0.397 e. The fourth-order valence-corrected chi connectivity index (χ4v) is 0.589. The Morgan fingerprint density at radius 3 is 1.55 bits per heavy atom. The lowest BCUT2D eigenvalue weighted by Crippen LogP contribution is -2.22. The maximum atomic E-state index is 7.57. The highest BCUT2D eigenvalue weighted by molar-refractivity contribution is 4.31. The number of hydroxylamine groups is 2. The highest BCUT2D eigenvalue weighted by Gasteiger charge is 1.93. The molecule has 0 saturated carbocycles. The lowest BCUT2D eigenvalue weighted by atomic mass is 10.6. The van der Waals surface area contributed by atoms with Gasteiger partial charge in [0.1, 0.15) is 0 Å². The number of rotatable bonds is 4. The zero-order valence-electron chi connectivity index (χ0n) is 8.13. The Balaban J connectivity index is 0. The van der Waals surface area contributed by atoms with Crippen LogP contribution in [0.25, 0.3) is 0 Å². The van der Waals surface area contributed by atoms with Crippen LogP contribution in [0.5, 0.6) is 0 Å². The van der Waals surface area contributed by atoms with Crippen molar-refractivity contribution in [1.29, 1.82) is 0 Å². The molecule has 0 unspecified atom stereocenters. The summed E-state index contributed by atoms with van der Waals surface area (Å²) in [6.07, 6.45) is 0. The van der Waals surface area contributed by atoms with E-state index in [1.54, 1.807) is 6.92 Å². The van der Waals surface area contributed by atoms with E-state index in [1.165, 1.54) is 0 Å². The Hall–Kier alpha value is -0.120. The second kappa shape index (κ2) is 12.5. The largest absolute Gasteiger partial charge is 0.397 e. The first-order chi connectivity index (χ1) is 5.26. The number of hydrogen-bond acceptors (Lipinski definition) is 3. The highest BCUT2D eigenvalue weighted by atomic mass is 16.7. The molecule has 0 aromatic carbocycles. The topological polar surface area (TPSA) is 32.7 Å². The van der Waals surface area contributed by atoms with Gasteiger partial charge in [-0.05, 0) is 13.8 Å². The van der Waals surface area contributed by atoms with Crippen LogP contribution in [0.15, 0.2) is 0 Å². The lowest BCUT2D eigenvalue weighted by molar-refractivity contribution is -0.147. The van der Waals surface area contributed by atoms with Gasteiger partial charge in [0.25, 0.3) is 0 Å². The Morgan fingerprint density at radius 2 is 1.45 bits per heavy atom. The summed E-state index contributed by atoms with van der Waals surface area (Å²) in [4.78, 5) is 5.17. The van der Waals surface area contributed by atoms with Gasteiger partial charge >= 0.3 is 0 Å². The van der Waals surface area contributed by atoms with Crippen molar-refractivity contribution in [2.75, 3.05) is 26.3 Å². The third-order valence-electron chi connectivity index (χ3n) is 1.02. The standard InChI is InChI=1S/C6H15NO.C2H6O/c1-4-7(5-2)8-6-3;1-2-3/h4-6H2,1-3H3;3H,2H2,1H3. The third-order valence-corrected chi connectivity index (χ3v) is 1.02.